The quantitative estimate of drug-likeness (QED) is 0.238. The maximum absolute atomic E-state index is 14.4. The molecule has 5 aromatic rings. The molecule has 0 saturated carbocycles. The van der Waals surface area contributed by atoms with Crippen LogP contribution in [0.15, 0.2) is 36.4 Å². The minimum Gasteiger partial charge on any atom is -0.383 e. The van der Waals surface area contributed by atoms with E-state index < -0.39 is 41.3 Å². The molecule has 2 aromatic carbocycles. The van der Waals surface area contributed by atoms with Gasteiger partial charge in [0.05, 0.1) is 16.8 Å². The fourth-order valence-electron chi connectivity index (χ4n) is 4.03. The van der Waals surface area contributed by atoms with Crippen LogP contribution >= 0.6 is 11.6 Å². The lowest BCUT2D eigenvalue weighted by Crippen LogP contribution is -2.11. The Balaban J connectivity index is 1.64. The predicted molar refractivity (Wildman–Crippen MR) is 127 cm³/mol. The highest BCUT2D eigenvalue weighted by Crippen LogP contribution is 2.36. The van der Waals surface area contributed by atoms with E-state index in [4.69, 9.17) is 23.1 Å². The molecule has 5 rings (SSSR count). The summed E-state index contributed by atoms with van der Waals surface area (Å²) in [5.74, 6) is -4.34. The number of aromatic nitrogens is 6. The zero-order valence-electron chi connectivity index (χ0n) is 19.2. The molecule has 0 bridgehead atoms. The number of hydrogen-bond acceptors (Lipinski definition) is 6. The molecule has 0 amide bonds. The number of fused-ring (bicyclic) bond motifs is 1. The van der Waals surface area contributed by atoms with Crippen LogP contribution in [0.3, 0.4) is 0 Å². The van der Waals surface area contributed by atoms with E-state index in [0.29, 0.717) is 21.7 Å². The number of rotatable bonds is 4. The molecule has 3 aromatic heterocycles. The Morgan fingerprint density at radius 2 is 1.58 bits per heavy atom. The summed E-state index contributed by atoms with van der Waals surface area (Å²) in [7, 11) is 1.11. The first-order valence-electron chi connectivity index (χ1n) is 10.7. The van der Waals surface area contributed by atoms with Crippen molar-refractivity contribution in [2.24, 2.45) is 7.05 Å². The Hall–Kier alpha value is -4.33. The number of nitrogens with zero attached hydrogens (tertiary/aromatic N) is 6. The highest BCUT2D eigenvalue weighted by atomic mass is 35.5. The molecule has 15 heteroatoms. The van der Waals surface area contributed by atoms with Crippen molar-refractivity contribution < 1.29 is 26.3 Å². The zero-order chi connectivity index (χ0) is 27.5. The van der Waals surface area contributed by atoms with Crippen molar-refractivity contribution in [3.63, 3.8) is 0 Å². The molecule has 0 fully saturated rings. The van der Waals surface area contributed by atoms with E-state index in [1.165, 1.54) is 22.9 Å². The normalized spacial score (nSPS) is 12.0. The molecule has 4 N–H and O–H groups in total. The highest BCUT2D eigenvalue weighted by molar-refractivity contribution is 6.31. The second-order valence-electron chi connectivity index (χ2n) is 8.22. The van der Waals surface area contributed by atoms with E-state index in [1.54, 1.807) is 0 Å². The first-order valence-corrected chi connectivity index (χ1v) is 11.1. The van der Waals surface area contributed by atoms with Crippen LogP contribution in [0.2, 0.25) is 5.02 Å². The maximum Gasteiger partial charge on any atom is 0.433 e. The van der Waals surface area contributed by atoms with Gasteiger partial charge in [-0.25, -0.2) is 13.2 Å². The third-order valence-corrected chi connectivity index (χ3v) is 6.01. The number of alkyl halides is 3. The number of benzene rings is 2. The van der Waals surface area contributed by atoms with Gasteiger partial charge in [-0.1, -0.05) is 11.6 Å². The Morgan fingerprint density at radius 1 is 0.921 bits per heavy atom. The van der Waals surface area contributed by atoms with Crippen LogP contribution in [0.4, 0.5) is 38.0 Å². The first-order chi connectivity index (χ1) is 17.8. The van der Waals surface area contributed by atoms with E-state index in [0.717, 1.165) is 19.2 Å². The highest BCUT2D eigenvalue weighted by Gasteiger charge is 2.35. The second-order valence-corrected chi connectivity index (χ2v) is 8.66. The fourth-order valence-corrected chi connectivity index (χ4v) is 4.20. The average Bonchev–Trinajstić information content (AvgIpc) is 3.39. The fraction of sp³-hybridized carbons (Fsp3) is 0.130. The largest absolute Gasteiger partial charge is 0.433 e. The molecule has 0 atom stereocenters. The van der Waals surface area contributed by atoms with Gasteiger partial charge in [0, 0.05) is 29.4 Å². The summed E-state index contributed by atoms with van der Waals surface area (Å²) in [5, 5.41) is 8.80. The first kappa shape index (κ1) is 25.3. The van der Waals surface area contributed by atoms with Crippen molar-refractivity contribution in [3.8, 4) is 17.2 Å². The predicted octanol–water partition coefficient (Wildman–Crippen LogP) is 5.06. The number of hydrogen-bond donors (Lipinski definition) is 2. The van der Waals surface area contributed by atoms with Crippen molar-refractivity contribution in [2.75, 3.05) is 11.5 Å². The number of nitrogens with two attached hydrogens (primary N) is 2. The molecule has 0 aliphatic carbocycles. The van der Waals surface area contributed by atoms with E-state index in [-0.39, 0.29) is 39.6 Å². The molecule has 0 radical (unpaired) electrons. The average molecular weight is 553 g/mol. The van der Waals surface area contributed by atoms with Gasteiger partial charge in [0.15, 0.2) is 11.6 Å². The van der Waals surface area contributed by atoms with Gasteiger partial charge in [0.2, 0.25) is 0 Å². The van der Waals surface area contributed by atoms with Gasteiger partial charge in [-0.3, -0.25) is 4.68 Å². The van der Waals surface area contributed by atoms with Crippen LogP contribution in [0.5, 0.6) is 0 Å². The van der Waals surface area contributed by atoms with E-state index in [1.807, 2.05) is 0 Å². The standard InChI is InChI=1S/C23H15ClF6N8/c1-37-17(23(28,29)30)8-15(35-37)18-20(31)33-22(34-21(18)32)38-16-5-2-9(24)6-11(16)14(36-38)7-10-12(25)3-4-13(26)19(10)27/h2-6,8H,7H2,1H3,(H4,31,32,33,34). The summed E-state index contributed by atoms with van der Waals surface area (Å²) in [5.41, 5.74) is 10.6. The topological polar surface area (TPSA) is 113 Å². The number of aryl methyl sites for hydroxylation is 1. The smallest absolute Gasteiger partial charge is 0.383 e. The van der Waals surface area contributed by atoms with Crippen LogP contribution in [-0.4, -0.2) is 29.5 Å². The molecule has 3 heterocycles. The van der Waals surface area contributed by atoms with E-state index >= 15 is 0 Å². The molecule has 196 valence electrons. The molecule has 0 saturated heterocycles. The molecule has 0 aliphatic heterocycles. The summed E-state index contributed by atoms with van der Waals surface area (Å²) in [6.45, 7) is 0. The van der Waals surface area contributed by atoms with Gasteiger partial charge in [-0.05, 0) is 36.4 Å². The van der Waals surface area contributed by atoms with Crippen LogP contribution in [0, 0.1) is 17.5 Å². The minimum absolute atomic E-state index is 0.107. The molecule has 0 aliphatic rings. The van der Waals surface area contributed by atoms with Crippen molar-refractivity contribution >= 4 is 34.1 Å². The third kappa shape index (κ3) is 4.26. The number of anilines is 2. The van der Waals surface area contributed by atoms with Crippen molar-refractivity contribution in [2.45, 2.75) is 12.6 Å². The Bertz CT molecular complexity index is 1700. The Labute approximate surface area is 214 Å². The third-order valence-electron chi connectivity index (χ3n) is 5.77. The summed E-state index contributed by atoms with van der Waals surface area (Å²) in [6.07, 6.45) is -5.12. The van der Waals surface area contributed by atoms with Gasteiger partial charge in [0.25, 0.3) is 5.95 Å². The van der Waals surface area contributed by atoms with Gasteiger partial charge < -0.3 is 11.5 Å². The van der Waals surface area contributed by atoms with Crippen molar-refractivity contribution in [1.82, 2.24) is 29.5 Å². The Morgan fingerprint density at radius 3 is 2.21 bits per heavy atom. The Kier molecular flexibility index (Phi) is 5.93. The summed E-state index contributed by atoms with van der Waals surface area (Å²) in [4.78, 5) is 8.28. The second kappa shape index (κ2) is 8.90. The molecule has 8 nitrogen and oxygen atoms in total. The van der Waals surface area contributed by atoms with Gasteiger partial charge in [-0.15, -0.1) is 0 Å². The SMILES string of the molecule is Cn1nc(-c2c(N)nc(-n3nc(Cc4c(F)ccc(F)c4F)c4cc(Cl)ccc43)nc2N)cc1C(F)(F)F. The molecule has 38 heavy (non-hydrogen) atoms. The van der Waals surface area contributed by atoms with Crippen LogP contribution < -0.4 is 11.5 Å². The summed E-state index contributed by atoms with van der Waals surface area (Å²) < 4.78 is 83.9. The van der Waals surface area contributed by atoms with Gasteiger partial charge in [0.1, 0.15) is 28.8 Å². The van der Waals surface area contributed by atoms with Crippen LogP contribution in [0.25, 0.3) is 28.1 Å². The van der Waals surface area contributed by atoms with Crippen molar-refractivity contribution in [3.05, 3.63) is 75.8 Å². The molecular weight excluding hydrogens is 538 g/mol. The molecule has 0 unspecified atom stereocenters. The number of nitrogen functional groups attached to an aromatic ring is 2. The van der Waals surface area contributed by atoms with Crippen molar-refractivity contribution in [1.29, 1.82) is 0 Å². The lowest BCUT2D eigenvalue weighted by Gasteiger charge is -2.09. The minimum atomic E-state index is -4.67. The lowest BCUT2D eigenvalue weighted by atomic mass is 10.1. The van der Waals surface area contributed by atoms with Crippen LogP contribution in [-0.2, 0) is 19.6 Å². The van der Waals surface area contributed by atoms with E-state index in [2.05, 4.69) is 20.2 Å². The summed E-state index contributed by atoms with van der Waals surface area (Å²) >= 11 is 6.12. The van der Waals surface area contributed by atoms with E-state index in [9.17, 15) is 26.3 Å². The summed E-state index contributed by atoms with van der Waals surface area (Å²) in [6, 6.07) is 6.76. The maximum atomic E-state index is 14.4. The number of halogens is 7. The molecular formula is C23H15ClF6N8. The monoisotopic (exact) mass is 552 g/mol. The van der Waals surface area contributed by atoms with Crippen LogP contribution in [0.1, 0.15) is 17.0 Å². The zero-order valence-corrected chi connectivity index (χ0v) is 19.9. The molecule has 0 spiro atoms. The lowest BCUT2D eigenvalue weighted by molar-refractivity contribution is -0.143. The van der Waals surface area contributed by atoms with Gasteiger partial charge >= 0.3 is 6.18 Å². The van der Waals surface area contributed by atoms with Gasteiger partial charge in [-0.2, -0.15) is 38.0 Å².